The molecule has 2 aromatic carbocycles. The summed E-state index contributed by atoms with van der Waals surface area (Å²) in [6, 6.07) is 13.5. The third-order valence-corrected chi connectivity index (χ3v) is 4.77. The van der Waals surface area contributed by atoms with Gasteiger partial charge in [0.15, 0.2) is 0 Å². The van der Waals surface area contributed by atoms with Gasteiger partial charge in [0.1, 0.15) is 5.75 Å². The molecule has 2 amide bonds. The van der Waals surface area contributed by atoms with E-state index < -0.39 is 5.97 Å². The van der Waals surface area contributed by atoms with Gasteiger partial charge < -0.3 is 15.4 Å². The van der Waals surface area contributed by atoms with Gasteiger partial charge in [0.25, 0.3) is 5.91 Å². The van der Waals surface area contributed by atoms with Crippen molar-refractivity contribution in [2.24, 2.45) is 5.92 Å². The van der Waals surface area contributed by atoms with Crippen LogP contribution in [-0.4, -0.2) is 17.8 Å². The zero-order valence-electron chi connectivity index (χ0n) is 15.9. The van der Waals surface area contributed by atoms with Gasteiger partial charge in [0.05, 0.1) is 11.4 Å². The Balaban J connectivity index is 1.71. The smallest absolute Gasteiger partial charge is 0.308 e. The van der Waals surface area contributed by atoms with Gasteiger partial charge in [-0.05, 0) is 43.2 Å². The normalized spacial score (nSPS) is 14.2. The molecule has 0 atom stereocenters. The summed E-state index contributed by atoms with van der Waals surface area (Å²) < 4.78 is 5.02. The first-order valence-corrected chi connectivity index (χ1v) is 9.52. The van der Waals surface area contributed by atoms with Crippen LogP contribution in [0.3, 0.4) is 0 Å². The molecule has 0 aromatic heterocycles. The first-order valence-electron chi connectivity index (χ1n) is 9.52. The van der Waals surface area contributed by atoms with Gasteiger partial charge in [0, 0.05) is 18.4 Å². The molecule has 1 aliphatic rings. The lowest BCUT2D eigenvalue weighted by molar-refractivity contribution is -0.131. The number of esters is 1. The maximum Gasteiger partial charge on any atom is 0.308 e. The molecular weight excluding hydrogens is 356 g/mol. The molecule has 0 spiro atoms. The van der Waals surface area contributed by atoms with Gasteiger partial charge in [-0.2, -0.15) is 0 Å². The van der Waals surface area contributed by atoms with Gasteiger partial charge in [0.2, 0.25) is 5.91 Å². The molecule has 0 heterocycles. The summed E-state index contributed by atoms with van der Waals surface area (Å²) in [6.45, 7) is 1.30. The van der Waals surface area contributed by atoms with Crippen molar-refractivity contribution in [3.63, 3.8) is 0 Å². The van der Waals surface area contributed by atoms with Crippen molar-refractivity contribution in [1.29, 1.82) is 0 Å². The van der Waals surface area contributed by atoms with Crippen LogP contribution in [0.25, 0.3) is 0 Å². The van der Waals surface area contributed by atoms with Crippen molar-refractivity contribution in [2.75, 3.05) is 10.6 Å². The summed E-state index contributed by atoms with van der Waals surface area (Å²) >= 11 is 0. The molecule has 0 saturated heterocycles. The average molecular weight is 380 g/mol. The monoisotopic (exact) mass is 380 g/mol. The number of carbonyl (C=O) groups is 3. The molecule has 1 fully saturated rings. The highest BCUT2D eigenvalue weighted by atomic mass is 16.5. The molecule has 6 heteroatoms. The molecule has 1 saturated carbocycles. The van der Waals surface area contributed by atoms with Crippen molar-refractivity contribution in [3.8, 4) is 5.75 Å². The molecule has 6 nitrogen and oxygen atoms in total. The van der Waals surface area contributed by atoms with Crippen LogP contribution in [0.1, 0.15) is 49.4 Å². The number of hydrogen-bond donors (Lipinski definition) is 2. The molecule has 0 bridgehead atoms. The zero-order valence-corrected chi connectivity index (χ0v) is 15.9. The second-order valence-corrected chi connectivity index (χ2v) is 6.95. The van der Waals surface area contributed by atoms with E-state index in [0.717, 1.165) is 25.7 Å². The summed E-state index contributed by atoms with van der Waals surface area (Å²) in [5, 5.41) is 5.77. The van der Waals surface area contributed by atoms with Crippen LogP contribution in [0, 0.1) is 5.92 Å². The fourth-order valence-electron chi connectivity index (χ4n) is 3.36. The fraction of sp³-hybridized carbons (Fsp3) is 0.318. The maximum atomic E-state index is 12.6. The number of anilines is 2. The van der Waals surface area contributed by atoms with Crippen LogP contribution in [0.5, 0.6) is 5.75 Å². The Bertz CT molecular complexity index is 872. The zero-order chi connectivity index (χ0) is 19.9. The maximum absolute atomic E-state index is 12.6. The van der Waals surface area contributed by atoms with E-state index in [1.165, 1.54) is 19.4 Å². The van der Waals surface area contributed by atoms with Crippen molar-refractivity contribution >= 4 is 29.2 Å². The number of para-hydroxylation sites is 2. The van der Waals surface area contributed by atoms with Crippen molar-refractivity contribution in [1.82, 2.24) is 0 Å². The topological polar surface area (TPSA) is 84.5 Å². The Kier molecular flexibility index (Phi) is 6.42. The minimum absolute atomic E-state index is 0.00162. The highest BCUT2D eigenvalue weighted by Gasteiger charge is 2.22. The summed E-state index contributed by atoms with van der Waals surface area (Å²) in [7, 11) is 0. The Hall–Kier alpha value is -3.15. The first kappa shape index (κ1) is 19.6. The van der Waals surface area contributed by atoms with Crippen LogP contribution in [0.15, 0.2) is 48.5 Å². The lowest BCUT2D eigenvalue weighted by atomic mass is 9.88. The van der Waals surface area contributed by atoms with E-state index in [-0.39, 0.29) is 17.7 Å². The second-order valence-electron chi connectivity index (χ2n) is 6.95. The predicted octanol–water partition coefficient (Wildman–Crippen LogP) is 4.38. The lowest BCUT2D eigenvalue weighted by Crippen LogP contribution is -2.25. The SMILES string of the molecule is CC(=O)Oc1cccc(C(=O)Nc2ccccc2NC(=O)C2CCCCC2)c1. The van der Waals surface area contributed by atoms with E-state index in [2.05, 4.69) is 10.6 Å². The number of ether oxygens (including phenoxy) is 1. The number of rotatable bonds is 5. The first-order chi connectivity index (χ1) is 13.5. The summed E-state index contributed by atoms with van der Waals surface area (Å²) in [6.07, 6.45) is 5.15. The van der Waals surface area contributed by atoms with Crippen LogP contribution in [0.2, 0.25) is 0 Å². The standard InChI is InChI=1S/C22H24N2O4/c1-15(25)28-18-11-7-10-17(14-18)22(27)24-20-13-6-5-12-19(20)23-21(26)16-8-3-2-4-9-16/h5-7,10-14,16H,2-4,8-9H2,1H3,(H,23,26)(H,24,27). The Morgan fingerprint density at radius 1 is 0.893 bits per heavy atom. The molecule has 146 valence electrons. The molecular formula is C22H24N2O4. The van der Waals surface area contributed by atoms with Gasteiger partial charge in [-0.1, -0.05) is 37.5 Å². The van der Waals surface area contributed by atoms with Crippen LogP contribution >= 0.6 is 0 Å². The molecule has 0 aliphatic heterocycles. The quantitative estimate of drug-likeness (QED) is 0.595. The van der Waals surface area contributed by atoms with Gasteiger partial charge in [-0.15, -0.1) is 0 Å². The van der Waals surface area contributed by atoms with E-state index >= 15 is 0 Å². The van der Waals surface area contributed by atoms with Crippen molar-refractivity contribution in [3.05, 3.63) is 54.1 Å². The second kappa shape index (κ2) is 9.17. The number of nitrogens with one attached hydrogen (secondary N) is 2. The minimum atomic E-state index is -0.451. The van der Waals surface area contributed by atoms with Gasteiger partial charge in [-0.3, -0.25) is 14.4 Å². The van der Waals surface area contributed by atoms with E-state index in [4.69, 9.17) is 4.74 Å². The van der Waals surface area contributed by atoms with E-state index in [1.807, 2.05) is 6.07 Å². The van der Waals surface area contributed by atoms with Crippen LogP contribution < -0.4 is 15.4 Å². The van der Waals surface area contributed by atoms with Crippen LogP contribution in [-0.2, 0) is 9.59 Å². The third kappa shape index (κ3) is 5.19. The fourth-order valence-corrected chi connectivity index (χ4v) is 3.36. The summed E-state index contributed by atoms with van der Waals surface area (Å²) in [5.74, 6) is -0.475. The molecule has 28 heavy (non-hydrogen) atoms. The Labute approximate surface area is 164 Å². The molecule has 2 aromatic rings. The minimum Gasteiger partial charge on any atom is -0.427 e. The van der Waals surface area contributed by atoms with Gasteiger partial charge >= 0.3 is 5.97 Å². The molecule has 1 aliphatic carbocycles. The average Bonchev–Trinajstić information content (AvgIpc) is 2.70. The summed E-state index contributed by atoms with van der Waals surface area (Å²) in [5.41, 5.74) is 1.45. The molecule has 0 radical (unpaired) electrons. The van der Waals surface area contributed by atoms with Crippen LogP contribution in [0.4, 0.5) is 11.4 Å². The Morgan fingerprint density at radius 2 is 1.57 bits per heavy atom. The third-order valence-electron chi connectivity index (χ3n) is 4.77. The van der Waals surface area contributed by atoms with E-state index in [9.17, 15) is 14.4 Å². The Morgan fingerprint density at radius 3 is 2.25 bits per heavy atom. The molecule has 2 N–H and O–H groups in total. The number of amides is 2. The largest absolute Gasteiger partial charge is 0.427 e. The highest BCUT2D eigenvalue weighted by molar-refractivity contribution is 6.07. The number of benzene rings is 2. The van der Waals surface area contributed by atoms with E-state index in [0.29, 0.717) is 22.7 Å². The number of carbonyl (C=O) groups excluding carboxylic acids is 3. The van der Waals surface area contributed by atoms with E-state index in [1.54, 1.807) is 36.4 Å². The molecule has 0 unspecified atom stereocenters. The highest BCUT2D eigenvalue weighted by Crippen LogP contribution is 2.27. The lowest BCUT2D eigenvalue weighted by Gasteiger charge is -2.21. The molecule has 3 rings (SSSR count). The summed E-state index contributed by atoms with van der Waals surface area (Å²) in [4.78, 5) is 36.3. The predicted molar refractivity (Wildman–Crippen MR) is 107 cm³/mol. The van der Waals surface area contributed by atoms with Crippen molar-refractivity contribution in [2.45, 2.75) is 39.0 Å². The van der Waals surface area contributed by atoms with Crippen molar-refractivity contribution < 1.29 is 19.1 Å². The van der Waals surface area contributed by atoms with Gasteiger partial charge in [-0.25, -0.2) is 0 Å². The number of hydrogen-bond acceptors (Lipinski definition) is 4.